The third-order valence-electron chi connectivity index (χ3n) is 1.94. The summed E-state index contributed by atoms with van der Waals surface area (Å²) in [6.45, 7) is 3.18. The zero-order chi connectivity index (χ0) is 6.69. The van der Waals surface area contributed by atoms with E-state index in [-0.39, 0.29) is 9.28 Å². The maximum absolute atomic E-state index is 5.78. The lowest BCUT2D eigenvalue weighted by molar-refractivity contribution is 0.334. The van der Waals surface area contributed by atoms with Crippen molar-refractivity contribution in [1.29, 1.82) is 0 Å². The van der Waals surface area contributed by atoms with Crippen LogP contribution in [0.1, 0.15) is 13.3 Å². The normalized spacial score (nSPS) is 34.7. The summed E-state index contributed by atoms with van der Waals surface area (Å²) in [5, 5.41) is 0. The lowest BCUT2D eigenvalue weighted by Gasteiger charge is -2.22. The Morgan fingerprint density at radius 3 is 2.89 bits per heavy atom. The summed E-state index contributed by atoms with van der Waals surface area (Å²) in [4.78, 5) is 0. The SMILES string of the molecule is CC(N)[SiH]1CCCO[SiH2]1. The monoisotopic (exact) mass is 161 g/mol. The van der Waals surface area contributed by atoms with E-state index in [9.17, 15) is 0 Å². The van der Waals surface area contributed by atoms with Crippen LogP contribution in [0.15, 0.2) is 0 Å². The molecule has 1 heterocycles. The van der Waals surface area contributed by atoms with Gasteiger partial charge >= 0.3 is 0 Å². The minimum atomic E-state index is -0.505. The van der Waals surface area contributed by atoms with Crippen LogP contribution >= 0.6 is 0 Å². The molecule has 1 aliphatic heterocycles. The fourth-order valence-electron chi connectivity index (χ4n) is 1.18. The molecule has 1 aliphatic rings. The number of rotatable bonds is 1. The van der Waals surface area contributed by atoms with Gasteiger partial charge in [0.15, 0.2) is 0 Å². The van der Waals surface area contributed by atoms with Crippen LogP contribution in [0, 0.1) is 0 Å². The lowest BCUT2D eigenvalue weighted by Crippen LogP contribution is -2.44. The van der Waals surface area contributed by atoms with Crippen molar-refractivity contribution in [2.24, 2.45) is 5.73 Å². The quantitative estimate of drug-likeness (QED) is 0.506. The third kappa shape index (κ3) is 2.21. The first-order valence-corrected chi connectivity index (χ1v) is 8.96. The van der Waals surface area contributed by atoms with Crippen molar-refractivity contribution >= 4 is 17.6 Å². The molecule has 0 radical (unpaired) electrons. The molecule has 54 valence electrons. The Morgan fingerprint density at radius 2 is 2.56 bits per heavy atom. The average molecular weight is 161 g/mol. The first kappa shape index (κ1) is 7.46. The average Bonchev–Trinajstić information content (AvgIpc) is 1.90. The van der Waals surface area contributed by atoms with Crippen LogP contribution < -0.4 is 5.73 Å². The Labute approximate surface area is 60.1 Å². The van der Waals surface area contributed by atoms with Gasteiger partial charge in [-0.05, 0) is 12.1 Å². The van der Waals surface area contributed by atoms with Gasteiger partial charge in [0.25, 0.3) is 0 Å². The highest BCUT2D eigenvalue weighted by molar-refractivity contribution is 7.10. The van der Waals surface area contributed by atoms with Gasteiger partial charge in [0.1, 0.15) is 9.28 Å². The molecule has 0 aromatic heterocycles. The van der Waals surface area contributed by atoms with E-state index in [1.54, 1.807) is 0 Å². The van der Waals surface area contributed by atoms with Gasteiger partial charge in [-0.15, -0.1) is 0 Å². The summed E-state index contributed by atoms with van der Waals surface area (Å²) in [5.74, 6) is 0. The van der Waals surface area contributed by atoms with E-state index >= 15 is 0 Å². The number of hydrogen-bond acceptors (Lipinski definition) is 2. The molecule has 2 unspecified atom stereocenters. The predicted molar refractivity (Wildman–Crippen MR) is 44.7 cm³/mol. The highest BCUT2D eigenvalue weighted by Crippen LogP contribution is 2.05. The third-order valence-corrected chi connectivity index (χ3v) is 11.0. The van der Waals surface area contributed by atoms with Gasteiger partial charge in [-0.3, -0.25) is 0 Å². The van der Waals surface area contributed by atoms with Crippen molar-refractivity contribution in [3.05, 3.63) is 0 Å². The molecule has 0 aromatic carbocycles. The molecule has 9 heavy (non-hydrogen) atoms. The fourth-order valence-corrected chi connectivity index (χ4v) is 7.23. The lowest BCUT2D eigenvalue weighted by atomic mass is 10.5. The smallest absolute Gasteiger partial charge is 0.149 e. The van der Waals surface area contributed by atoms with E-state index in [0.717, 1.165) is 6.61 Å². The molecule has 1 fully saturated rings. The van der Waals surface area contributed by atoms with Crippen molar-refractivity contribution in [3.8, 4) is 0 Å². The Kier molecular flexibility index (Phi) is 2.91. The molecule has 1 saturated heterocycles. The minimum Gasteiger partial charge on any atom is -0.428 e. The number of hydrogen-bond donors (Lipinski definition) is 1. The van der Waals surface area contributed by atoms with Gasteiger partial charge in [0.05, 0.1) is 8.31 Å². The van der Waals surface area contributed by atoms with Crippen molar-refractivity contribution < 1.29 is 4.43 Å². The molecule has 0 spiro atoms. The Balaban J connectivity index is 2.23. The topological polar surface area (TPSA) is 35.2 Å². The van der Waals surface area contributed by atoms with Crippen LogP contribution in [0.4, 0.5) is 0 Å². The molecule has 2 atom stereocenters. The van der Waals surface area contributed by atoms with E-state index in [4.69, 9.17) is 10.2 Å². The maximum atomic E-state index is 5.78. The van der Waals surface area contributed by atoms with Crippen LogP contribution in [0.3, 0.4) is 0 Å². The van der Waals surface area contributed by atoms with E-state index in [2.05, 4.69) is 6.92 Å². The Hall–Kier alpha value is 0.354. The molecular weight excluding hydrogens is 146 g/mol. The number of nitrogens with two attached hydrogens (primary N) is 1. The van der Waals surface area contributed by atoms with E-state index < -0.39 is 8.31 Å². The molecule has 1 rings (SSSR count). The van der Waals surface area contributed by atoms with Gasteiger partial charge in [-0.1, -0.05) is 13.0 Å². The van der Waals surface area contributed by atoms with E-state index in [1.165, 1.54) is 12.5 Å². The van der Waals surface area contributed by atoms with Gasteiger partial charge < -0.3 is 10.2 Å². The molecule has 4 heteroatoms. The molecule has 2 N–H and O–H groups in total. The highest BCUT2D eigenvalue weighted by Gasteiger charge is 2.19. The van der Waals surface area contributed by atoms with Crippen LogP contribution in [-0.2, 0) is 4.43 Å². The molecule has 0 bridgehead atoms. The summed E-state index contributed by atoms with van der Waals surface area (Å²) in [6.07, 6.45) is 1.28. The summed E-state index contributed by atoms with van der Waals surface area (Å²) in [6, 6.07) is 1.45. The van der Waals surface area contributed by atoms with Crippen molar-refractivity contribution in [2.45, 2.75) is 25.1 Å². The second-order valence-electron chi connectivity index (χ2n) is 2.84. The summed E-state index contributed by atoms with van der Waals surface area (Å²) >= 11 is 0. The Bertz CT molecular complexity index is 83.0. The summed E-state index contributed by atoms with van der Waals surface area (Å²) < 4.78 is 5.46. The van der Waals surface area contributed by atoms with Crippen molar-refractivity contribution in [1.82, 2.24) is 0 Å². The summed E-state index contributed by atoms with van der Waals surface area (Å²) in [7, 11) is -0.616. The van der Waals surface area contributed by atoms with E-state index in [1.807, 2.05) is 0 Å². The second-order valence-corrected chi connectivity index (χ2v) is 10.9. The van der Waals surface area contributed by atoms with Crippen molar-refractivity contribution in [2.75, 3.05) is 6.61 Å². The summed E-state index contributed by atoms with van der Waals surface area (Å²) in [5.41, 5.74) is 6.29. The molecule has 0 saturated carbocycles. The second kappa shape index (κ2) is 3.50. The van der Waals surface area contributed by atoms with Gasteiger partial charge in [0.2, 0.25) is 0 Å². The van der Waals surface area contributed by atoms with Crippen LogP contribution in [0.2, 0.25) is 6.04 Å². The molecule has 0 aromatic rings. The van der Waals surface area contributed by atoms with Gasteiger partial charge in [0, 0.05) is 6.61 Å². The molecular formula is C5H15NOSi2. The largest absolute Gasteiger partial charge is 0.428 e. The predicted octanol–water partition coefficient (Wildman–Crippen LogP) is -0.899. The van der Waals surface area contributed by atoms with Crippen molar-refractivity contribution in [3.63, 3.8) is 0 Å². The Morgan fingerprint density at radius 1 is 1.78 bits per heavy atom. The zero-order valence-corrected chi connectivity index (χ0v) is 8.54. The molecule has 0 amide bonds. The fraction of sp³-hybridized carbons (Fsp3) is 1.00. The van der Waals surface area contributed by atoms with Gasteiger partial charge in [-0.25, -0.2) is 0 Å². The first-order chi connectivity index (χ1) is 4.30. The van der Waals surface area contributed by atoms with Crippen LogP contribution in [-0.4, -0.2) is 29.9 Å². The standard InChI is InChI=1S/C5H15NOSi2/c1-5(6)9-4-2-3-7-8-9/h5,9H,2-4,6,8H2,1H3. The van der Waals surface area contributed by atoms with Gasteiger partial charge in [-0.2, -0.15) is 0 Å². The first-order valence-electron chi connectivity index (χ1n) is 3.64. The molecule has 0 aliphatic carbocycles. The van der Waals surface area contributed by atoms with E-state index in [0.29, 0.717) is 5.67 Å². The minimum absolute atomic E-state index is 0.111. The highest BCUT2D eigenvalue weighted by atomic mass is 29.2. The zero-order valence-electron chi connectivity index (χ0n) is 5.97. The maximum Gasteiger partial charge on any atom is 0.149 e. The van der Waals surface area contributed by atoms with Crippen LogP contribution in [0.25, 0.3) is 0 Å². The van der Waals surface area contributed by atoms with Crippen LogP contribution in [0.5, 0.6) is 0 Å². The molecule has 2 nitrogen and oxygen atoms in total.